The van der Waals surface area contributed by atoms with E-state index in [-0.39, 0.29) is 5.91 Å². The van der Waals surface area contributed by atoms with Crippen molar-refractivity contribution < 1.29 is 4.79 Å². The molecule has 18 heavy (non-hydrogen) atoms. The van der Waals surface area contributed by atoms with Gasteiger partial charge in [-0.3, -0.25) is 4.79 Å². The van der Waals surface area contributed by atoms with Gasteiger partial charge in [-0.2, -0.15) is 0 Å². The molecule has 2 aromatic carbocycles. The average Bonchev–Trinajstić information content (AvgIpc) is 2.40. The Morgan fingerprint density at radius 3 is 2.39 bits per heavy atom. The number of halogens is 1. The maximum atomic E-state index is 11.8. The predicted octanol–water partition coefficient (Wildman–Crippen LogP) is 3.74. The topological polar surface area (TPSA) is 29.1 Å². The van der Waals surface area contributed by atoms with Crippen LogP contribution in [-0.4, -0.2) is 5.91 Å². The number of hydrogen-bond donors (Lipinski definition) is 1. The second-order valence-electron chi connectivity index (χ2n) is 3.70. The van der Waals surface area contributed by atoms with Crippen LogP contribution in [0.2, 0.25) is 5.02 Å². The van der Waals surface area contributed by atoms with E-state index in [0.29, 0.717) is 10.6 Å². The zero-order chi connectivity index (χ0) is 12.8. The molecular formula is C15H12ClNO. The summed E-state index contributed by atoms with van der Waals surface area (Å²) in [5.41, 5.74) is 1.49. The van der Waals surface area contributed by atoms with E-state index < -0.39 is 0 Å². The Hall–Kier alpha value is -2.06. The van der Waals surface area contributed by atoms with Gasteiger partial charge in [0.15, 0.2) is 0 Å². The van der Waals surface area contributed by atoms with Gasteiger partial charge in [-0.15, -0.1) is 0 Å². The number of carbonyl (C=O) groups is 1. The lowest BCUT2D eigenvalue weighted by Crippen LogP contribution is -2.17. The van der Waals surface area contributed by atoms with E-state index in [2.05, 4.69) is 5.32 Å². The zero-order valence-corrected chi connectivity index (χ0v) is 10.4. The SMILES string of the molecule is O=C(NC=Cc1ccccc1)c1ccccc1Cl. The summed E-state index contributed by atoms with van der Waals surface area (Å²) >= 11 is 5.93. The first-order chi connectivity index (χ1) is 8.77. The van der Waals surface area contributed by atoms with Crippen LogP contribution in [-0.2, 0) is 0 Å². The summed E-state index contributed by atoms with van der Waals surface area (Å²) in [7, 11) is 0. The lowest BCUT2D eigenvalue weighted by molar-refractivity contribution is 0.0970. The van der Waals surface area contributed by atoms with Crippen LogP contribution in [0.4, 0.5) is 0 Å². The highest BCUT2D eigenvalue weighted by atomic mass is 35.5. The van der Waals surface area contributed by atoms with E-state index >= 15 is 0 Å². The minimum Gasteiger partial charge on any atom is -0.329 e. The van der Waals surface area contributed by atoms with Crippen molar-refractivity contribution in [2.45, 2.75) is 0 Å². The molecule has 0 unspecified atom stereocenters. The molecule has 1 N–H and O–H groups in total. The van der Waals surface area contributed by atoms with Gasteiger partial charge >= 0.3 is 0 Å². The van der Waals surface area contributed by atoms with Gasteiger partial charge in [-0.1, -0.05) is 54.1 Å². The number of hydrogen-bond acceptors (Lipinski definition) is 1. The lowest BCUT2D eigenvalue weighted by atomic mass is 10.2. The van der Waals surface area contributed by atoms with Gasteiger partial charge in [-0.25, -0.2) is 0 Å². The van der Waals surface area contributed by atoms with Crippen molar-refractivity contribution in [3.8, 4) is 0 Å². The summed E-state index contributed by atoms with van der Waals surface area (Å²) in [5.74, 6) is -0.215. The molecule has 2 nitrogen and oxygen atoms in total. The fraction of sp³-hybridized carbons (Fsp3) is 0. The molecule has 0 aliphatic heterocycles. The van der Waals surface area contributed by atoms with E-state index in [9.17, 15) is 4.79 Å². The molecule has 1 amide bonds. The first kappa shape index (κ1) is 12.4. The van der Waals surface area contributed by atoms with Crippen LogP contribution >= 0.6 is 11.6 Å². The summed E-state index contributed by atoms with van der Waals surface area (Å²) in [6.07, 6.45) is 3.44. The summed E-state index contributed by atoms with van der Waals surface area (Å²) in [5, 5.41) is 3.13. The third-order valence-corrected chi connectivity index (χ3v) is 2.74. The Labute approximate surface area is 111 Å². The minimum atomic E-state index is -0.215. The normalized spacial score (nSPS) is 10.5. The molecule has 0 atom stereocenters. The molecule has 0 radical (unpaired) electrons. The fourth-order valence-electron chi connectivity index (χ4n) is 1.50. The van der Waals surface area contributed by atoms with Crippen molar-refractivity contribution in [1.29, 1.82) is 0 Å². The van der Waals surface area contributed by atoms with E-state index in [1.54, 1.807) is 30.5 Å². The van der Waals surface area contributed by atoms with Crippen molar-refractivity contribution in [3.63, 3.8) is 0 Å². The monoisotopic (exact) mass is 257 g/mol. The highest BCUT2D eigenvalue weighted by Gasteiger charge is 2.06. The van der Waals surface area contributed by atoms with Crippen molar-refractivity contribution in [3.05, 3.63) is 76.9 Å². The quantitative estimate of drug-likeness (QED) is 0.892. The molecule has 0 heterocycles. The minimum absolute atomic E-state index is 0.215. The Morgan fingerprint density at radius 1 is 1.00 bits per heavy atom. The van der Waals surface area contributed by atoms with Crippen molar-refractivity contribution in [1.82, 2.24) is 5.32 Å². The standard InChI is InChI=1S/C15H12ClNO/c16-14-9-5-4-8-13(14)15(18)17-11-10-12-6-2-1-3-7-12/h1-11H,(H,17,18). The van der Waals surface area contributed by atoms with Crippen LogP contribution < -0.4 is 5.32 Å². The third kappa shape index (κ3) is 3.22. The lowest BCUT2D eigenvalue weighted by Gasteiger charge is -2.02. The van der Waals surface area contributed by atoms with Crippen molar-refractivity contribution in [2.24, 2.45) is 0 Å². The molecular weight excluding hydrogens is 246 g/mol. The molecule has 3 heteroatoms. The molecule has 0 aliphatic rings. The molecule has 0 bridgehead atoms. The first-order valence-corrected chi connectivity index (χ1v) is 5.92. The maximum Gasteiger partial charge on any atom is 0.256 e. The second kappa shape index (κ2) is 6.03. The van der Waals surface area contributed by atoms with Crippen LogP contribution in [0, 0.1) is 0 Å². The number of rotatable bonds is 3. The van der Waals surface area contributed by atoms with Crippen LogP contribution in [0.1, 0.15) is 15.9 Å². The Kier molecular flexibility index (Phi) is 4.15. The number of carbonyl (C=O) groups excluding carboxylic acids is 1. The van der Waals surface area contributed by atoms with Gasteiger partial charge in [0.25, 0.3) is 5.91 Å². The zero-order valence-electron chi connectivity index (χ0n) is 9.64. The van der Waals surface area contributed by atoms with Gasteiger partial charge in [0, 0.05) is 6.20 Å². The van der Waals surface area contributed by atoms with Gasteiger partial charge in [0.1, 0.15) is 0 Å². The molecule has 2 rings (SSSR count). The Bertz CT molecular complexity index is 564. The fourth-order valence-corrected chi connectivity index (χ4v) is 1.72. The molecule has 0 spiro atoms. The summed E-state index contributed by atoms with van der Waals surface area (Å²) in [6.45, 7) is 0. The number of amides is 1. The summed E-state index contributed by atoms with van der Waals surface area (Å²) in [4.78, 5) is 11.8. The second-order valence-corrected chi connectivity index (χ2v) is 4.10. The summed E-state index contributed by atoms with van der Waals surface area (Å²) in [6, 6.07) is 16.7. The molecule has 2 aromatic rings. The summed E-state index contributed by atoms with van der Waals surface area (Å²) < 4.78 is 0. The van der Waals surface area contributed by atoms with E-state index in [0.717, 1.165) is 5.56 Å². The van der Waals surface area contributed by atoms with E-state index in [1.165, 1.54) is 0 Å². The average molecular weight is 258 g/mol. The molecule has 0 saturated carbocycles. The molecule has 0 fully saturated rings. The van der Waals surface area contributed by atoms with Crippen LogP contribution in [0.25, 0.3) is 6.08 Å². The van der Waals surface area contributed by atoms with Crippen LogP contribution in [0.3, 0.4) is 0 Å². The van der Waals surface area contributed by atoms with Gasteiger partial charge < -0.3 is 5.32 Å². The number of benzene rings is 2. The predicted molar refractivity (Wildman–Crippen MR) is 74.4 cm³/mol. The number of nitrogens with one attached hydrogen (secondary N) is 1. The maximum absolute atomic E-state index is 11.8. The van der Waals surface area contributed by atoms with E-state index in [1.807, 2.05) is 36.4 Å². The van der Waals surface area contributed by atoms with Crippen LogP contribution in [0.15, 0.2) is 60.8 Å². The third-order valence-electron chi connectivity index (χ3n) is 2.41. The molecule has 0 aliphatic carbocycles. The highest BCUT2D eigenvalue weighted by molar-refractivity contribution is 6.33. The Morgan fingerprint density at radius 2 is 1.67 bits per heavy atom. The largest absolute Gasteiger partial charge is 0.329 e. The van der Waals surface area contributed by atoms with E-state index in [4.69, 9.17) is 11.6 Å². The van der Waals surface area contributed by atoms with Gasteiger partial charge in [0.2, 0.25) is 0 Å². The first-order valence-electron chi connectivity index (χ1n) is 5.54. The van der Waals surface area contributed by atoms with Gasteiger partial charge in [0.05, 0.1) is 10.6 Å². The molecule has 0 saturated heterocycles. The van der Waals surface area contributed by atoms with Crippen molar-refractivity contribution >= 4 is 23.6 Å². The molecule has 90 valence electrons. The van der Waals surface area contributed by atoms with Gasteiger partial charge in [-0.05, 0) is 23.8 Å². The van der Waals surface area contributed by atoms with Crippen molar-refractivity contribution in [2.75, 3.05) is 0 Å². The molecule has 0 aromatic heterocycles. The Balaban J connectivity index is 2.01. The smallest absolute Gasteiger partial charge is 0.256 e. The van der Waals surface area contributed by atoms with Crippen LogP contribution in [0.5, 0.6) is 0 Å². The highest BCUT2D eigenvalue weighted by Crippen LogP contribution is 2.14.